The molecule has 84 valence electrons. The van der Waals surface area contributed by atoms with E-state index in [1.165, 1.54) is 25.8 Å². The first-order valence-corrected chi connectivity index (χ1v) is 5.90. The molecule has 0 aromatic heterocycles. The average Bonchev–Trinajstić information content (AvgIpc) is 2.30. The average molecular weight is 199 g/mol. The number of rotatable bonds is 3. The third-order valence-electron chi connectivity index (χ3n) is 2.73. The molecule has 0 aromatic carbocycles. The van der Waals surface area contributed by atoms with Gasteiger partial charge in [0.2, 0.25) is 0 Å². The predicted molar refractivity (Wildman–Crippen MR) is 60.5 cm³/mol. The second kappa shape index (κ2) is 5.72. The molecule has 1 aliphatic heterocycles. The minimum atomic E-state index is 0.406. The Balaban J connectivity index is 2.10. The van der Waals surface area contributed by atoms with Crippen LogP contribution in [0.3, 0.4) is 0 Å². The number of nitrogens with one attached hydrogen (secondary N) is 1. The summed E-state index contributed by atoms with van der Waals surface area (Å²) in [6.07, 6.45) is 5.35. The third-order valence-corrected chi connectivity index (χ3v) is 2.73. The zero-order valence-corrected chi connectivity index (χ0v) is 9.94. The Morgan fingerprint density at radius 2 is 2.00 bits per heavy atom. The Morgan fingerprint density at radius 1 is 1.21 bits per heavy atom. The van der Waals surface area contributed by atoms with Gasteiger partial charge < -0.3 is 10.1 Å². The summed E-state index contributed by atoms with van der Waals surface area (Å²) in [6.45, 7) is 10.0. The van der Waals surface area contributed by atoms with Crippen LogP contribution in [0.4, 0.5) is 0 Å². The van der Waals surface area contributed by atoms with Gasteiger partial charge in [-0.1, -0.05) is 20.8 Å². The fourth-order valence-electron chi connectivity index (χ4n) is 1.69. The maximum Gasteiger partial charge on any atom is 0.0587 e. The van der Waals surface area contributed by atoms with Crippen LogP contribution in [0.25, 0.3) is 0 Å². The van der Waals surface area contributed by atoms with E-state index >= 15 is 0 Å². The van der Waals surface area contributed by atoms with Crippen LogP contribution < -0.4 is 5.32 Å². The Morgan fingerprint density at radius 3 is 2.71 bits per heavy atom. The summed E-state index contributed by atoms with van der Waals surface area (Å²) in [4.78, 5) is 0. The number of hydrogen-bond donors (Lipinski definition) is 1. The number of hydrogen-bond acceptors (Lipinski definition) is 2. The van der Waals surface area contributed by atoms with E-state index in [0.29, 0.717) is 11.5 Å². The lowest BCUT2D eigenvalue weighted by Gasteiger charge is -2.21. The molecule has 1 saturated heterocycles. The summed E-state index contributed by atoms with van der Waals surface area (Å²) in [5.74, 6) is 0. The molecule has 1 unspecified atom stereocenters. The van der Waals surface area contributed by atoms with Gasteiger partial charge in [0.15, 0.2) is 0 Å². The van der Waals surface area contributed by atoms with E-state index < -0.39 is 0 Å². The van der Waals surface area contributed by atoms with Crippen molar-refractivity contribution in [1.82, 2.24) is 5.32 Å². The van der Waals surface area contributed by atoms with Gasteiger partial charge in [0.25, 0.3) is 0 Å². The van der Waals surface area contributed by atoms with Gasteiger partial charge in [0.05, 0.1) is 6.10 Å². The molecule has 0 spiro atoms. The van der Waals surface area contributed by atoms with Crippen LogP contribution in [0.2, 0.25) is 0 Å². The molecule has 2 nitrogen and oxygen atoms in total. The first-order valence-electron chi connectivity index (χ1n) is 5.90. The minimum Gasteiger partial charge on any atom is -0.378 e. The highest BCUT2D eigenvalue weighted by Crippen LogP contribution is 2.19. The van der Waals surface area contributed by atoms with Crippen molar-refractivity contribution in [3.8, 4) is 0 Å². The molecular weight excluding hydrogens is 174 g/mol. The maximum atomic E-state index is 5.90. The van der Waals surface area contributed by atoms with Crippen molar-refractivity contribution < 1.29 is 4.74 Å². The van der Waals surface area contributed by atoms with E-state index in [1.807, 2.05) is 0 Å². The molecule has 0 aromatic rings. The lowest BCUT2D eigenvalue weighted by atomic mass is 9.93. The van der Waals surface area contributed by atoms with Crippen LogP contribution in [-0.2, 0) is 4.74 Å². The molecule has 0 amide bonds. The van der Waals surface area contributed by atoms with Crippen LogP contribution in [0.5, 0.6) is 0 Å². The van der Waals surface area contributed by atoms with Gasteiger partial charge in [0, 0.05) is 6.61 Å². The van der Waals surface area contributed by atoms with Gasteiger partial charge in [-0.05, 0) is 44.2 Å². The topological polar surface area (TPSA) is 21.3 Å². The van der Waals surface area contributed by atoms with Crippen LogP contribution in [0, 0.1) is 5.41 Å². The molecule has 0 aliphatic carbocycles. The molecule has 1 atom stereocenters. The highest BCUT2D eigenvalue weighted by Gasteiger charge is 2.14. The van der Waals surface area contributed by atoms with E-state index in [-0.39, 0.29) is 0 Å². The van der Waals surface area contributed by atoms with E-state index in [0.717, 1.165) is 19.6 Å². The molecule has 1 N–H and O–H groups in total. The SMILES string of the molecule is CC(C)(C)CCOC1CCCNCC1. The monoisotopic (exact) mass is 199 g/mol. The first-order chi connectivity index (χ1) is 6.58. The fraction of sp³-hybridized carbons (Fsp3) is 1.00. The summed E-state index contributed by atoms with van der Waals surface area (Å²) in [6, 6.07) is 0. The minimum absolute atomic E-state index is 0.406. The van der Waals surface area contributed by atoms with E-state index in [2.05, 4.69) is 26.1 Å². The molecule has 1 fully saturated rings. The molecule has 1 aliphatic rings. The summed E-state index contributed by atoms with van der Waals surface area (Å²) in [7, 11) is 0. The molecule has 0 saturated carbocycles. The second-order valence-electron chi connectivity index (χ2n) is 5.48. The van der Waals surface area contributed by atoms with Crippen molar-refractivity contribution in [2.45, 2.75) is 52.6 Å². The highest BCUT2D eigenvalue weighted by molar-refractivity contribution is 4.67. The van der Waals surface area contributed by atoms with Crippen molar-refractivity contribution in [2.75, 3.05) is 19.7 Å². The van der Waals surface area contributed by atoms with E-state index in [4.69, 9.17) is 4.74 Å². The Kier molecular flexibility index (Phi) is 4.90. The first kappa shape index (κ1) is 12.0. The summed E-state index contributed by atoms with van der Waals surface area (Å²) in [5, 5.41) is 3.40. The zero-order valence-electron chi connectivity index (χ0n) is 9.94. The largest absolute Gasteiger partial charge is 0.378 e. The lowest BCUT2D eigenvalue weighted by molar-refractivity contribution is 0.0309. The Bertz CT molecular complexity index is 143. The van der Waals surface area contributed by atoms with E-state index in [1.54, 1.807) is 0 Å². The smallest absolute Gasteiger partial charge is 0.0587 e. The van der Waals surface area contributed by atoms with Crippen LogP contribution in [-0.4, -0.2) is 25.8 Å². The van der Waals surface area contributed by atoms with Gasteiger partial charge >= 0.3 is 0 Å². The molecule has 0 bridgehead atoms. The van der Waals surface area contributed by atoms with Gasteiger partial charge in [-0.25, -0.2) is 0 Å². The molecule has 0 radical (unpaired) electrons. The molecule has 1 rings (SSSR count). The van der Waals surface area contributed by atoms with Crippen molar-refractivity contribution in [1.29, 1.82) is 0 Å². The quantitative estimate of drug-likeness (QED) is 0.754. The van der Waals surface area contributed by atoms with Gasteiger partial charge in [-0.2, -0.15) is 0 Å². The van der Waals surface area contributed by atoms with Gasteiger partial charge in [0.1, 0.15) is 0 Å². The summed E-state index contributed by atoms with van der Waals surface area (Å²) < 4.78 is 5.90. The summed E-state index contributed by atoms with van der Waals surface area (Å²) in [5.41, 5.74) is 0.406. The number of ether oxygens (including phenoxy) is 1. The van der Waals surface area contributed by atoms with Gasteiger partial charge in [-0.15, -0.1) is 0 Å². The molecule has 1 heterocycles. The lowest BCUT2D eigenvalue weighted by Crippen LogP contribution is -2.19. The standard InChI is InChI=1S/C12H25NO/c1-12(2,3)7-10-14-11-5-4-8-13-9-6-11/h11,13H,4-10H2,1-3H3. The third kappa shape index (κ3) is 5.61. The van der Waals surface area contributed by atoms with Crippen molar-refractivity contribution in [3.63, 3.8) is 0 Å². The van der Waals surface area contributed by atoms with Gasteiger partial charge in [-0.3, -0.25) is 0 Å². The van der Waals surface area contributed by atoms with Crippen molar-refractivity contribution in [2.24, 2.45) is 5.41 Å². The van der Waals surface area contributed by atoms with Crippen LogP contribution in [0.15, 0.2) is 0 Å². The Labute approximate surface area is 88.4 Å². The van der Waals surface area contributed by atoms with Crippen molar-refractivity contribution >= 4 is 0 Å². The second-order valence-corrected chi connectivity index (χ2v) is 5.48. The maximum absolute atomic E-state index is 5.90. The zero-order chi connectivity index (χ0) is 10.4. The van der Waals surface area contributed by atoms with E-state index in [9.17, 15) is 0 Å². The molecule has 14 heavy (non-hydrogen) atoms. The van der Waals surface area contributed by atoms with Crippen LogP contribution >= 0.6 is 0 Å². The normalized spacial score (nSPS) is 24.6. The fourth-order valence-corrected chi connectivity index (χ4v) is 1.69. The summed E-state index contributed by atoms with van der Waals surface area (Å²) >= 11 is 0. The predicted octanol–water partition coefficient (Wildman–Crippen LogP) is 2.58. The van der Waals surface area contributed by atoms with Crippen molar-refractivity contribution in [3.05, 3.63) is 0 Å². The highest BCUT2D eigenvalue weighted by atomic mass is 16.5. The molecule has 2 heteroatoms. The Hall–Kier alpha value is -0.0800. The molecular formula is C12H25NO. The van der Waals surface area contributed by atoms with Crippen LogP contribution in [0.1, 0.15) is 46.5 Å².